The van der Waals surface area contributed by atoms with E-state index in [0.29, 0.717) is 29.6 Å². The van der Waals surface area contributed by atoms with E-state index in [9.17, 15) is 9.70 Å². The minimum Gasteiger partial charge on any atom is -0.493 e. The molecule has 2 aromatic carbocycles. The van der Waals surface area contributed by atoms with E-state index >= 15 is 0 Å². The summed E-state index contributed by atoms with van der Waals surface area (Å²) in [5.41, 5.74) is 5.03. The average molecular weight is 410 g/mol. The standard InChI is InChI=1S/C21H19N3O4S/c1-14-18(22-21(28-14)16-5-3-2-4-6-16)11-12-27-17-9-7-15(8-10-17)13-19-20(25)23-24(26)29-19/h2-10,19H,11-13H2,1H3/p+1. The van der Waals surface area contributed by atoms with Gasteiger partial charge in [-0.1, -0.05) is 35.8 Å². The number of amides is 1. The van der Waals surface area contributed by atoms with Crippen LogP contribution in [-0.2, 0) is 17.6 Å². The molecule has 0 spiro atoms. The van der Waals surface area contributed by atoms with Crippen molar-refractivity contribution in [3.05, 3.63) is 76.5 Å². The number of hydrogen-bond donors (Lipinski definition) is 1. The maximum absolute atomic E-state index is 11.6. The minimum absolute atomic E-state index is 0.261. The molecule has 0 radical (unpaired) electrons. The van der Waals surface area contributed by atoms with Crippen molar-refractivity contribution in [1.82, 2.24) is 10.4 Å². The molecule has 1 amide bonds. The van der Waals surface area contributed by atoms with Crippen molar-refractivity contribution in [3.63, 3.8) is 0 Å². The van der Waals surface area contributed by atoms with E-state index in [0.717, 1.165) is 40.3 Å². The van der Waals surface area contributed by atoms with Crippen LogP contribution in [0.2, 0.25) is 0 Å². The summed E-state index contributed by atoms with van der Waals surface area (Å²) in [6.45, 7) is 2.39. The lowest BCUT2D eigenvalue weighted by atomic mass is 10.1. The van der Waals surface area contributed by atoms with E-state index in [-0.39, 0.29) is 5.91 Å². The van der Waals surface area contributed by atoms with Gasteiger partial charge in [0.2, 0.25) is 10.2 Å². The zero-order chi connectivity index (χ0) is 20.2. The number of nitrogens with one attached hydrogen (secondary N) is 1. The molecule has 0 bridgehead atoms. The van der Waals surface area contributed by atoms with Gasteiger partial charge in [-0.15, -0.1) is 0 Å². The van der Waals surface area contributed by atoms with Gasteiger partial charge in [0, 0.05) is 12.0 Å². The number of carbonyl (C=O) groups is 1. The Balaban J connectivity index is 1.30. The number of ether oxygens (including phenoxy) is 1. The molecule has 1 unspecified atom stereocenters. The summed E-state index contributed by atoms with van der Waals surface area (Å²) in [6.07, 6.45) is 1.14. The summed E-state index contributed by atoms with van der Waals surface area (Å²) in [5, 5.41) is -0.395. The SMILES string of the molecule is Cc1oc(-c2ccccc2)nc1CCOc1ccc(CC2S[N+](=O)NC2=O)cc1. The Bertz CT molecular complexity index is 1020. The van der Waals surface area contributed by atoms with Crippen LogP contribution in [0.25, 0.3) is 11.5 Å². The summed E-state index contributed by atoms with van der Waals surface area (Å²) in [4.78, 5) is 27.4. The van der Waals surface area contributed by atoms with Crippen LogP contribution in [0.4, 0.5) is 0 Å². The van der Waals surface area contributed by atoms with Crippen LogP contribution in [0.1, 0.15) is 17.0 Å². The summed E-state index contributed by atoms with van der Waals surface area (Å²) in [6, 6.07) is 17.4. The first-order valence-corrected chi connectivity index (χ1v) is 10.1. The summed E-state index contributed by atoms with van der Waals surface area (Å²) in [5.74, 6) is 1.89. The molecule has 1 aliphatic rings. The maximum atomic E-state index is 11.6. The number of nitroso groups, excluding NO2 is 1. The lowest BCUT2D eigenvalue weighted by molar-refractivity contribution is -0.420. The molecule has 0 aliphatic carbocycles. The minimum atomic E-state index is -0.395. The normalized spacial score (nSPS) is 16.1. The number of rotatable bonds is 7. The van der Waals surface area contributed by atoms with E-state index in [1.807, 2.05) is 61.5 Å². The highest BCUT2D eigenvalue weighted by Gasteiger charge is 2.40. The molecule has 29 heavy (non-hydrogen) atoms. The summed E-state index contributed by atoms with van der Waals surface area (Å²) in [7, 11) is 0. The van der Waals surface area contributed by atoms with E-state index in [2.05, 4.69) is 10.4 Å². The molecular formula is C21H20N3O4S+. The first-order valence-electron chi connectivity index (χ1n) is 9.26. The molecule has 1 atom stereocenters. The third-order valence-electron chi connectivity index (χ3n) is 4.58. The molecule has 1 aromatic heterocycles. The third-order valence-corrected chi connectivity index (χ3v) is 5.50. The second-order valence-corrected chi connectivity index (χ2v) is 7.77. The number of aryl methyl sites for hydroxylation is 1. The van der Waals surface area contributed by atoms with Crippen LogP contribution in [0.15, 0.2) is 59.0 Å². The average Bonchev–Trinajstić information content (AvgIpc) is 3.25. The van der Waals surface area contributed by atoms with Crippen molar-refractivity contribution in [2.24, 2.45) is 0 Å². The smallest absolute Gasteiger partial charge is 0.300 e. The van der Waals surface area contributed by atoms with Gasteiger partial charge in [0.15, 0.2) is 5.25 Å². The van der Waals surface area contributed by atoms with Crippen molar-refractivity contribution in [2.45, 2.75) is 25.0 Å². The molecule has 4 rings (SSSR count). The van der Waals surface area contributed by atoms with Gasteiger partial charge in [-0.3, -0.25) is 4.79 Å². The molecule has 148 valence electrons. The van der Waals surface area contributed by atoms with Gasteiger partial charge in [0.25, 0.3) is 17.9 Å². The predicted molar refractivity (Wildman–Crippen MR) is 109 cm³/mol. The number of hydrogen-bond acceptors (Lipinski definition) is 6. The quantitative estimate of drug-likeness (QED) is 0.473. The fraction of sp³-hybridized carbons (Fsp3) is 0.238. The lowest BCUT2D eigenvalue weighted by Gasteiger charge is -2.07. The van der Waals surface area contributed by atoms with E-state index in [4.69, 9.17) is 9.15 Å². The van der Waals surface area contributed by atoms with Gasteiger partial charge in [-0.05, 0) is 43.2 Å². The van der Waals surface area contributed by atoms with Crippen LogP contribution in [-0.4, -0.2) is 27.0 Å². The molecule has 1 aliphatic heterocycles. The van der Waals surface area contributed by atoms with Gasteiger partial charge in [0.1, 0.15) is 11.5 Å². The fourth-order valence-electron chi connectivity index (χ4n) is 3.05. The Hall–Kier alpha value is -3.13. The van der Waals surface area contributed by atoms with Crippen LogP contribution >= 0.6 is 11.9 Å². The predicted octanol–water partition coefficient (Wildman–Crippen LogP) is 3.65. The van der Waals surface area contributed by atoms with Crippen molar-refractivity contribution in [1.29, 1.82) is 0 Å². The van der Waals surface area contributed by atoms with Crippen LogP contribution < -0.4 is 10.2 Å². The molecular weight excluding hydrogens is 390 g/mol. The Labute approximate surface area is 172 Å². The molecule has 7 nitrogen and oxygen atoms in total. The Kier molecular flexibility index (Phi) is 5.62. The van der Waals surface area contributed by atoms with Crippen molar-refractivity contribution >= 4 is 17.9 Å². The van der Waals surface area contributed by atoms with Crippen molar-refractivity contribution in [2.75, 3.05) is 6.61 Å². The highest BCUT2D eigenvalue weighted by atomic mass is 32.2. The second-order valence-electron chi connectivity index (χ2n) is 6.66. The summed E-state index contributed by atoms with van der Waals surface area (Å²) < 4.78 is 12.1. The van der Waals surface area contributed by atoms with Crippen LogP contribution in [0.5, 0.6) is 5.75 Å². The fourth-order valence-corrected chi connectivity index (χ4v) is 3.84. The topological polar surface area (TPSA) is 84.4 Å². The van der Waals surface area contributed by atoms with Gasteiger partial charge in [-0.2, -0.15) is 0 Å². The molecule has 1 fully saturated rings. The van der Waals surface area contributed by atoms with E-state index < -0.39 is 5.25 Å². The zero-order valence-corrected chi connectivity index (χ0v) is 16.6. The molecule has 0 saturated carbocycles. The molecule has 1 N–H and O–H groups in total. The largest absolute Gasteiger partial charge is 0.493 e. The molecule has 2 heterocycles. The van der Waals surface area contributed by atoms with Crippen LogP contribution in [0.3, 0.4) is 0 Å². The van der Waals surface area contributed by atoms with Gasteiger partial charge >= 0.3 is 0 Å². The first-order chi connectivity index (χ1) is 14.1. The molecule has 1 saturated heterocycles. The molecule has 8 heteroatoms. The number of nitrogens with zero attached hydrogens (tertiary/aromatic N) is 2. The zero-order valence-electron chi connectivity index (χ0n) is 15.8. The van der Waals surface area contributed by atoms with E-state index in [1.54, 1.807) is 0 Å². The number of oxazole rings is 1. The van der Waals surface area contributed by atoms with Crippen molar-refractivity contribution < 1.29 is 18.2 Å². The van der Waals surface area contributed by atoms with Gasteiger partial charge in [0.05, 0.1) is 17.2 Å². The van der Waals surface area contributed by atoms with Gasteiger partial charge < -0.3 is 9.15 Å². The highest BCUT2D eigenvalue weighted by molar-refractivity contribution is 7.95. The van der Waals surface area contributed by atoms with Crippen molar-refractivity contribution in [3.8, 4) is 17.2 Å². The number of hydrazine groups is 1. The monoisotopic (exact) mass is 410 g/mol. The third kappa shape index (κ3) is 4.65. The van der Waals surface area contributed by atoms with Crippen LogP contribution in [0, 0.1) is 11.8 Å². The Morgan fingerprint density at radius 1 is 1.17 bits per heavy atom. The molecule has 3 aromatic rings. The highest BCUT2D eigenvalue weighted by Crippen LogP contribution is 2.24. The Morgan fingerprint density at radius 3 is 2.62 bits per heavy atom. The second kappa shape index (κ2) is 8.48. The first kappa shape index (κ1) is 19.2. The summed E-state index contributed by atoms with van der Waals surface area (Å²) >= 11 is 0.956. The Morgan fingerprint density at radius 2 is 1.93 bits per heavy atom. The number of benzene rings is 2. The number of carbonyl (C=O) groups excluding carboxylic acids is 1. The lowest BCUT2D eigenvalue weighted by Crippen LogP contribution is -2.26. The number of aromatic nitrogens is 1. The van der Waals surface area contributed by atoms with Gasteiger partial charge in [-0.25, -0.2) is 4.98 Å². The van der Waals surface area contributed by atoms with E-state index in [1.165, 1.54) is 0 Å². The maximum Gasteiger partial charge on any atom is 0.300 e.